The number of hydrogen-bond acceptors (Lipinski definition) is 17. The number of amides is 3. The molecule has 2 atom stereocenters. The van der Waals surface area contributed by atoms with E-state index in [-0.39, 0.29) is 83.7 Å². The maximum absolute atomic E-state index is 13.6. The molecule has 0 aliphatic carbocycles. The molecule has 1 heterocycles. The van der Waals surface area contributed by atoms with Crippen LogP contribution in [0.2, 0.25) is 0 Å². The Kier molecular flexibility index (Phi) is 27.9. The lowest BCUT2D eigenvalue weighted by Gasteiger charge is -2.33. The molecule has 2 rings (SSSR count). The average molecular weight is 911 g/mol. The Hall–Kier alpha value is -5.78. The summed E-state index contributed by atoms with van der Waals surface area (Å²) >= 11 is 0. The van der Waals surface area contributed by atoms with E-state index in [0.29, 0.717) is 109 Å². The molecule has 0 bridgehead atoms. The number of urea groups is 1. The van der Waals surface area contributed by atoms with Gasteiger partial charge >= 0.3 is 18.0 Å². The van der Waals surface area contributed by atoms with Gasteiger partial charge in [0.15, 0.2) is 6.23 Å². The zero-order chi connectivity index (χ0) is 47.0. The van der Waals surface area contributed by atoms with Crippen LogP contribution in [0.5, 0.6) is 0 Å². The van der Waals surface area contributed by atoms with Crippen LogP contribution in [0.3, 0.4) is 0 Å². The van der Waals surface area contributed by atoms with Crippen LogP contribution in [0, 0.1) is 5.82 Å². The zero-order valence-electron chi connectivity index (χ0n) is 36.1. The highest BCUT2D eigenvalue weighted by Gasteiger charge is 2.24. The predicted octanol–water partition coefficient (Wildman–Crippen LogP) is 0.574. The summed E-state index contributed by atoms with van der Waals surface area (Å²) in [5.41, 5.74) is 0.698. The number of carbonyl (C=O) groups excluding carboxylic acids is 7. The topological polar surface area (TPSA) is 271 Å². The number of nitrogens with zero attached hydrogens (tertiary/aromatic N) is 5. The lowest BCUT2D eigenvalue weighted by atomic mass is 10.1. The van der Waals surface area contributed by atoms with Crippen LogP contribution in [0.4, 0.5) is 9.18 Å². The van der Waals surface area contributed by atoms with Crippen molar-refractivity contribution in [2.45, 2.75) is 83.0 Å². The normalized spacial score (nSPS) is 15.5. The molecule has 1 aromatic rings. The molecule has 1 aliphatic heterocycles. The number of Topliss-reactive ketones (excluding diaryl/α,β-unsaturated/α-hetero) is 1. The van der Waals surface area contributed by atoms with Crippen molar-refractivity contribution in [2.24, 2.45) is 0 Å². The van der Waals surface area contributed by atoms with Gasteiger partial charge in [0.1, 0.15) is 37.8 Å². The first kappa shape index (κ1) is 54.4. The number of ether oxygens (including phenoxy) is 4. The Bertz CT molecular complexity index is 1570. The first-order valence-electron chi connectivity index (χ1n) is 21.1. The Morgan fingerprint density at radius 3 is 1.69 bits per heavy atom. The number of aliphatic carboxylic acids is 2. The number of carboxylic acids is 2. The maximum Gasteiger partial charge on any atom is 0.326 e. The molecule has 0 saturated carbocycles. The van der Waals surface area contributed by atoms with Crippen LogP contribution in [0.15, 0.2) is 24.3 Å². The van der Waals surface area contributed by atoms with Crippen molar-refractivity contribution in [1.29, 1.82) is 0 Å². The number of unbranched alkanes of at least 4 members (excludes halogenated alkanes) is 3. The van der Waals surface area contributed by atoms with Gasteiger partial charge in [0, 0.05) is 91.1 Å². The summed E-state index contributed by atoms with van der Waals surface area (Å²) in [6.45, 7) is 5.79. The number of rotatable bonds is 32. The van der Waals surface area contributed by atoms with Crippen molar-refractivity contribution in [3.63, 3.8) is 0 Å². The summed E-state index contributed by atoms with van der Waals surface area (Å²) < 4.78 is 33.6. The molecular weight excluding hydrogens is 848 g/mol. The zero-order valence-corrected chi connectivity index (χ0v) is 36.1. The molecule has 1 aliphatic rings. The van der Waals surface area contributed by atoms with Gasteiger partial charge in [0.25, 0.3) is 25.9 Å². The number of halogens is 1. The van der Waals surface area contributed by atoms with Crippen molar-refractivity contribution in [3.8, 4) is 0 Å². The molecule has 0 unspecified atom stereocenters. The minimum atomic E-state index is -1.49. The highest BCUT2D eigenvalue weighted by molar-refractivity contribution is 5.83. The predicted molar refractivity (Wildman–Crippen MR) is 222 cm³/mol. The molecule has 1 aromatic carbocycles. The third kappa shape index (κ3) is 24.8. The number of ketones is 1. The molecule has 22 nitrogen and oxygen atoms in total. The Morgan fingerprint density at radius 2 is 1.19 bits per heavy atom. The molecule has 0 spiro atoms. The van der Waals surface area contributed by atoms with Gasteiger partial charge in [-0.05, 0) is 49.8 Å². The third-order valence-corrected chi connectivity index (χ3v) is 10.2. The minimum Gasteiger partial charge on any atom is -0.481 e. The van der Waals surface area contributed by atoms with Crippen LogP contribution in [-0.4, -0.2) is 188 Å². The Balaban J connectivity index is 1.94. The number of nitrogens with one attached hydrogen (secondary N) is 2. The second-order valence-corrected chi connectivity index (χ2v) is 15.0. The molecular formula is C41H62FN7O15. The fourth-order valence-corrected chi connectivity index (χ4v) is 6.64. The molecule has 3 amide bonds. The van der Waals surface area contributed by atoms with Gasteiger partial charge in [0.2, 0.25) is 5.91 Å². The molecule has 1 fully saturated rings. The summed E-state index contributed by atoms with van der Waals surface area (Å²) in [5, 5.41) is 22.7. The lowest BCUT2D eigenvalue weighted by Crippen LogP contribution is -2.49. The van der Waals surface area contributed by atoms with Gasteiger partial charge in [-0.1, -0.05) is 18.6 Å². The summed E-state index contributed by atoms with van der Waals surface area (Å²) in [4.78, 5) is 115. The molecule has 1 saturated heterocycles. The molecule has 0 radical (unpaired) electrons. The van der Waals surface area contributed by atoms with E-state index in [2.05, 4.69) is 10.6 Å². The fourth-order valence-electron chi connectivity index (χ4n) is 6.64. The van der Waals surface area contributed by atoms with Gasteiger partial charge in [-0.3, -0.25) is 53.2 Å². The van der Waals surface area contributed by atoms with Crippen LogP contribution in [0.1, 0.15) is 69.8 Å². The highest BCUT2D eigenvalue weighted by atomic mass is 18.2. The Labute approximate surface area is 371 Å². The molecule has 64 heavy (non-hydrogen) atoms. The number of carboxylic acid groups (broad SMARTS) is 2. The van der Waals surface area contributed by atoms with Crippen LogP contribution in [-0.2, 0) is 63.8 Å². The van der Waals surface area contributed by atoms with Gasteiger partial charge < -0.3 is 44.7 Å². The standard InChI is InChI=1S/C41H62FN7O15/c42-34-11-9-33(10-12-34)24-49(15-5-4-7-37(64-32-53)44-41(60)43-36(40(58)59)13-14-39(56)57)38(55)8-3-1-2-6-35(54)25-45-16-18-46(26-61-29-50)20-22-48(28-63-31-52)23-21-47(19-17-45)27-62-30-51/h9-12,29-32,36-37H,1-8,13-28H2,(H,56,57)(H,58,59)(H2,43,44,60)/t36-,37-/m0/s1/i42-1. The molecule has 0 aromatic heterocycles. The van der Waals surface area contributed by atoms with Crippen LogP contribution in [0.25, 0.3) is 0 Å². The second-order valence-electron chi connectivity index (χ2n) is 15.0. The van der Waals surface area contributed by atoms with Crippen LogP contribution < -0.4 is 10.6 Å². The van der Waals surface area contributed by atoms with E-state index in [4.69, 9.17) is 24.1 Å². The Morgan fingerprint density at radius 1 is 0.656 bits per heavy atom. The van der Waals surface area contributed by atoms with Crippen molar-refractivity contribution in [3.05, 3.63) is 35.6 Å². The smallest absolute Gasteiger partial charge is 0.326 e. The minimum absolute atomic E-state index is 0.00338. The van der Waals surface area contributed by atoms with Crippen molar-refractivity contribution in [2.75, 3.05) is 85.6 Å². The van der Waals surface area contributed by atoms with E-state index in [0.717, 1.165) is 0 Å². The summed E-state index contributed by atoms with van der Waals surface area (Å²) in [6.07, 6.45) is 0.988. The number of benzene rings is 1. The SMILES string of the molecule is O=COCN1CCN(COC=O)CCN(CC(=O)CCCCCC(=O)N(CCCC[C@@H](NC(=O)N[C@@H](CCC(=O)O)C(=O)O)OC=O)Cc2ccc([18F])cc2)CCN(COC=O)CC1. The van der Waals surface area contributed by atoms with E-state index in [9.17, 15) is 52.6 Å². The first-order valence-corrected chi connectivity index (χ1v) is 21.1. The van der Waals surface area contributed by atoms with Gasteiger partial charge in [0.05, 0.1) is 6.54 Å². The van der Waals surface area contributed by atoms with Crippen molar-refractivity contribution < 1.29 is 76.7 Å². The highest BCUT2D eigenvalue weighted by Crippen LogP contribution is 2.14. The second kappa shape index (κ2) is 32.8. The van der Waals surface area contributed by atoms with Crippen molar-refractivity contribution in [1.82, 2.24) is 35.1 Å². The lowest BCUT2D eigenvalue weighted by molar-refractivity contribution is -0.141. The summed E-state index contributed by atoms with van der Waals surface area (Å²) in [5.74, 6) is -3.27. The van der Waals surface area contributed by atoms with Gasteiger partial charge in [-0.15, -0.1) is 0 Å². The van der Waals surface area contributed by atoms with Crippen LogP contribution >= 0.6 is 0 Å². The first-order chi connectivity index (χ1) is 30.9. The fraction of sp³-hybridized carbons (Fsp3) is 0.634. The largest absolute Gasteiger partial charge is 0.481 e. The van der Waals surface area contributed by atoms with Gasteiger partial charge in [-0.25, -0.2) is 14.0 Å². The quantitative estimate of drug-likeness (QED) is 0.0333. The van der Waals surface area contributed by atoms with E-state index >= 15 is 0 Å². The van der Waals surface area contributed by atoms with E-state index in [1.807, 2.05) is 19.6 Å². The average Bonchev–Trinajstić information content (AvgIpc) is 3.26. The van der Waals surface area contributed by atoms with E-state index in [1.54, 1.807) is 17.0 Å². The molecule has 4 N–H and O–H groups in total. The van der Waals surface area contributed by atoms with E-state index < -0.39 is 42.5 Å². The summed E-state index contributed by atoms with van der Waals surface area (Å²) in [7, 11) is 0. The number of carbonyl (C=O) groups is 9. The number of hydrogen-bond donors (Lipinski definition) is 4. The van der Waals surface area contributed by atoms with Crippen molar-refractivity contribution >= 4 is 55.5 Å². The molecule has 358 valence electrons. The molecule has 23 heteroatoms. The summed E-state index contributed by atoms with van der Waals surface area (Å²) in [6, 6.07) is 3.27. The monoisotopic (exact) mass is 910 g/mol. The van der Waals surface area contributed by atoms with E-state index in [1.165, 1.54) is 12.1 Å². The third-order valence-electron chi connectivity index (χ3n) is 10.2. The van der Waals surface area contributed by atoms with Gasteiger partial charge in [-0.2, -0.15) is 0 Å². The maximum atomic E-state index is 13.6.